The maximum absolute atomic E-state index is 9.29. The minimum atomic E-state index is 0.327. The maximum Gasteiger partial charge on any atom is 0.117 e. The summed E-state index contributed by atoms with van der Waals surface area (Å²) in [6, 6.07) is 7.87. The van der Waals surface area contributed by atoms with E-state index in [0.29, 0.717) is 11.8 Å². The molecule has 1 aromatic rings. The number of hydrogen-bond acceptors (Lipinski definition) is 3. The molecule has 0 bridgehead atoms. The van der Waals surface area contributed by atoms with Crippen molar-refractivity contribution in [3.63, 3.8) is 0 Å². The molecule has 1 aliphatic heterocycles. The molecule has 1 fully saturated rings. The first-order chi connectivity index (χ1) is 6.74. The van der Waals surface area contributed by atoms with Crippen LogP contribution < -0.4 is 5.32 Å². The molecule has 1 aliphatic rings. The molecule has 0 aliphatic carbocycles. The normalized spacial score (nSPS) is 26.4. The van der Waals surface area contributed by atoms with Gasteiger partial charge in [-0.05, 0) is 18.6 Å². The van der Waals surface area contributed by atoms with Gasteiger partial charge in [0.05, 0.1) is 0 Å². The summed E-state index contributed by atoms with van der Waals surface area (Å²) in [7, 11) is 0. The first-order valence-electron chi connectivity index (χ1n) is 4.91. The molecule has 2 nitrogen and oxygen atoms in total. The Morgan fingerprint density at radius 3 is 3.00 bits per heavy atom. The molecular formula is C11H15NOS. The average molecular weight is 209 g/mol. The lowest BCUT2D eigenvalue weighted by Gasteiger charge is -2.13. The Balaban J connectivity index is 1.97. The first kappa shape index (κ1) is 9.71. The molecule has 1 saturated heterocycles. The number of benzene rings is 1. The lowest BCUT2D eigenvalue weighted by molar-refractivity contribution is 0.475. The predicted molar refractivity (Wildman–Crippen MR) is 62.1 cm³/mol. The van der Waals surface area contributed by atoms with Gasteiger partial charge in [0, 0.05) is 28.8 Å². The topological polar surface area (TPSA) is 32.3 Å². The highest BCUT2D eigenvalue weighted by atomic mass is 32.2. The van der Waals surface area contributed by atoms with E-state index in [0.717, 1.165) is 16.7 Å². The van der Waals surface area contributed by atoms with Gasteiger partial charge in [-0.2, -0.15) is 11.8 Å². The molecule has 1 heterocycles. The summed E-state index contributed by atoms with van der Waals surface area (Å²) < 4.78 is 0. The van der Waals surface area contributed by atoms with Crippen molar-refractivity contribution in [1.29, 1.82) is 0 Å². The van der Waals surface area contributed by atoms with Crippen LogP contribution in [0.25, 0.3) is 0 Å². The molecule has 2 atom stereocenters. The molecule has 2 rings (SSSR count). The predicted octanol–water partition coefficient (Wildman–Crippen LogP) is 2.70. The van der Waals surface area contributed by atoms with E-state index in [4.69, 9.17) is 0 Å². The van der Waals surface area contributed by atoms with Crippen LogP contribution in [-0.2, 0) is 0 Å². The van der Waals surface area contributed by atoms with Crippen LogP contribution in [0.15, 0.2) is 24.3 Å². The fourth-order valence-corrected chi connectivity index (χ4v) is 2.90. The summed E-state index contributed by atoms with van der Waals surface area (Å²) in [6.45, 7) is 2.26. The Kier molecular flexibility index (Phi) is 2.87. The van der Waals surface area contributed by atoms with Gasteiger partial charge in [0.15, 0.2) is 0 Å². The quantitative estimate of drug-likeness (QED) is 0.785. The van der Waals surface area contributed by atoms with Gasteiger partial charge >= 0.3 is 0 Å². The summed E-state index contributed by atoms with van der Waals surface area (Å²) >= 11 is 2.00. The SMILES string of the molecule is CC1CC(Nc2cccc(O)c2)CS1. The summed E-state index contributed by atoms with van der Waals surface area (Å²) in [5.74, 6) is 1.49. The third-order valence-corrected chi connectivity index (χ3v) is 3.77. The van der Waals surface area contributed by atoms with Gasteiger partial charge in [-0.25, -0.2) is 0 Å². The lowest BCUT2D eigenvalue weighted by Crippen LogP contribution is -2.18. The van der Waals surface area contributed by atoms with Gasteiger partial charge in [-0.15, -0.1) is 0 Å². The van der Waals surface area contributed by atoms with Crippen LogP contribution in [0.1, 0.15) is 13.3 Å². The minimum absolute atomic E-state index is 0.327. The molecule has 0 spiro atoms. The van der Waals surface area contributed by atoms with Gasteiger partial charge in [-0.1, -0.05) is 13.0 Å². The number of nitrogens with one attached hydrogen (secondary N) is 1. The Bertz CT molecular complexity index is 316. The number of aromatic hydroxyl groups is 1. The number of hydrogen-bond donors (Lipinski definition) is 2. The number of phenolic OH excluding ortho intramolecular Hbond substituents is 1. The van der Waals surface area contributed by atoms with E-state index in [1.54, 1.807) is 12.1 Å². The highest BCUT2D eigenvalue weighted by molar-refractivity contribution is 8.00. The Morgan fingerprint density at radius 1 is 1.50 bits per heavy atom. The van der Waals surface area contributed by atoms with Gasteiger partial charge in [0.2, 0.25) is 0 Å². The summed E-state index contributed by atoms with van der Waals surface area (Å²) in [4.78, 5) is 0. The smallest absolute Gasteiger partial charge is 0.117 e. The third kappa shape index (κ3) is 2.35. The number of phenols is 1. The van der Waals surface area contributed by atoms with Crippen molar-refractivity contribution in [2.45, 2.75) is 24.6 Å². The molecule has 2 N–H and O–H groups in total. The molecule has 2 unspecified atom stereocenters. The van der Waals surface area contributed by atoms with E-state index in [9.17, 15) is 5.11 Å². The molecule has 3 heteroatoms. The van der Waals surface area contributed by atoms with Crippen molar-refractivity contribution < 1.29 is 5.11 Å². The molecule has 1 aromatic carbocycles. The maximum atomic E-state index is 9.29. The third-order valence-electron chi connectivity index (χ3n) is 2.42. The van der Waals surface area contributed by atoms with Gasteiger partial charge < -0.3 is 10.4 Å². The van der Waals surface area contributed by atoms with Crippen molar-refractivity contribution in [1.82, 2.24) is 0 Å². The molecular weight excluding hydrogens is 194 g/mol. The highest BCUT2D eigenvalue weighted by Crippen LogP contribution is 2.28. The Labute approximate surface area is 88.7 Å². The van der Waals surface area contributed by atoms with Crippen LogP contribution in [-0.4, -0.2) is 22.2 Å². The van der Waals surface area contributed by atoms with E-state index < -0.39 is 0 Å². The second-order valence-electron chi connectivity index (χ2n) is 3.77. The van der Waals surface area contributed by atoms with E-state index in [1.807, 2.05) is 23.9 Å². The van der Waals surface area contributed by atoms with Crippen LogP contribution in [0.5, 0.6) is 5.75 Å². The van der Waals surface area contributed by atoms with E-state index in [1.165, 1.54) is 6.42 Å². The Morgan fingerprint density at radius 2 is 2.36 bits per heavy atom. The molecule has 0 amide bonds. The first-order valence-corrected chi connectivity index (χ1v) is 5.96. The van der Waals surface area contributed by atoms with E-state index in [-0.39, 0.29) is 0 Å². The largest absolute Gasteiger partial charge is 0.508 e. The molecule has 76 valence electrons. The van der Waals surface area contributed by atoms with Crippen LogP contribution in [0.4, 0.5) is 5.69 Å². The monoisotopic (exact) mass is 209 g/mol. The number of thioether (sulfide) groups is 1. The number of rotatable bonds is 2. The van der Waals surface area contributed by atoms with Crippen LogP contribution in [0.2, 0.25) is 0 Å². The minimum Gasteiger partial charge on any atom is -0.508 e. The molecule has 0 aromatic heterocycles. The fourth-order valence-electron chi connectivity index (χ4n) is 1.75. The fraction of sp³-hybridized carbons (Fsp3) is 0.455. The van der Waals surface area contributed by atoms with Gasteiger partial charge in [-0.3, -0.25) is 0 Å². The van der Waals surface area contributed by atoms with Crippen molar-refractivity contribution in [2.75, 3.05) is 11.1 Å². The van der Waals surface area contributed by atoms with Gasteiger partial charge in [0.25, 0.3) is 0 Å². The van der Waals surface area contributed by atoms with Crippen molar-refractivity contribution in [2.24, 2.45) is 0 Å². The van der Waals surface area contributed by atoms with E-state index in [2.05, 4.69) is 12.2 Å². The number of anilines is 1. The van der Waals surface area contributed by atoms with Crippen molar-refractivity contribution in [3.05, 3.63) is 24.3 Å². The van der Waals surface area contributed by atoms with Crippen LogP contribution >= 0.6 is 11.8 Å². The lowest BCUT2D eigenvalue weighted by atomic mass is 10.2. The zero-order chi connectivity index (χ0) is 9.97. The van der Waals surface area contributed by atoms with Gasteiger partial charge in [0.1, 0.15) is 5.75 Å². The zero-order valence-corrected chi connectivity index (χ0v) is 9.05. The molecule has 0 radical (unpaired) electrons. The summed E-state index contributed by atoms with van der Waals surface area (Å²) in [5.41, 5.74) is 1.02. The standard InChI is InChI=1S/C11H15NOS/c1-8-5-10(7-14-8)12-9-3-2-4-11(13)6-9/h2-4,6,8,10,12-13H,5,7H2,1H3. The zero-order valence-electron chi connectivity index (χ0n) is 8.23. The summed E-state index contributed by atoms with van der Waals surface area (Å²) in [5, 5.41) is 13.5. The second kappa shape index (κ2) is 4.13. The van der Waals surface area contributed by atoms with Crippen molar-refractivity contribution >= 4 is 17.4 Å². The van der Waals surface area contributed by atoms with Crippen LogP contribution in [0.3, 0.4) is 0 Å². The molecule has 0 saturated carbocycles. The van der Waals surface area contributed by atoms with Crippen LogP contribution in [0, 0.1) is 0 Å². The van der Waals surface area contributed by atoms with Crippen molar-refractivity contribution in [3.8, 4) is 5.75 Å². The van der Waals surface area contributed by atoms with E-state index >= 15 is 0 Å². The molecule has 14 heavy (non-hydrogen) atoms. The second-order valence-corrected chi connectivity index (χ2v) is 5.24. The Hall–Kier alpha value is -0.830. The average Bonchev–Trinajstić information content (AvgIpc) is 2.51. The highest BCUT2D eigenvalue weighted by Gasteiger charge is 2.21. The summed E-state index contributed by atoms with van der Waals surface area (Å²) in [6.07, 6.45) is 1.21.